The van der Waals surface area contributed by atoms with E-state index < -0.39 is 11.8 Å². The molecule has 2 aromatic rings. The highest BCUT2D eigenvalue weighted by atomic mass is 16.5. The van der Waals surface area contributed by atoms with Gasteiger partial charge in [-0.2, -0.15) is 10.2 Å². The third kappa shape index (κ3) is 10.2. The van der Waals surface area contributed by atoms with Crippen LogP contribution in [0.5, 0.6) is 0 Å². The van der Waals surface area contributed by atoms with Gasteiger partial charge < -0.3 is 4.74 Å². The summed E-state index contributed by atoms with van der Waals surface area (Å²) in [5.41, 5.74) is 6.66. The minimum Gasteiger partial charge on any atom is -0.362 e. The highest BCUT2D eigenvalue weighted by Crippen LogP contribution is 2.00. The summed E-state index contributed by atoms with van der Waals surface area (Å²) in [5.74, 6) is -0.923. The van der Waals surface area contributed by atoms with Crippen LogP contribution in [0.2, 0.25) is 0 Å². The molecule has 0 atom stereocenters. The standard InChI is InChI=1S/C22H22N4O3/c27-21(25-23-15-7-13-19-9-3-1-4-10-19)17-29-18-22(28)26-24-16-8-14-20-11-5-2-6-12-20/h1-16H,17-18H2,(H,25,27)(H,26,28)/b13-7-,14-8+,23-15+,24-16-. The molecular formula is C22H22N4O3. The largest absolute Gasteiger partial charge is 0.362 e. The lowest BCUT2D eigenvalue weighted by Crippen LogP contribution is -2.28. The second kappa shape index (κ2) is 13.3. The van der Waals surface area contributed by atoms with Crippen LogP contribution >= 0.6 is 0 Å². The number of nitrogens with zero attached hydrogens (tertiary/aromatic N) is 2. The van der Waals surface area contributed by atoms with Crippen LogP contribution in [0.3, 0.4) is 0 Å². The molecule has 0 spiro atoms. The van der Waals surface area contributed by atoms with Gasteiger partial charge >= 0.3 is 0 Å². The van der Waals surface area contributed by atoms with Crippen molar-refractivity contribution in [3.8, 4) is 0 Å². The van der Waals surface area contributed by atoms with Crippen molar-refractivity contribution in [2.75, 3.05) is 13.2 Å². The Balaban J connectivity index is 1.55. The van der Waals surface area contributed by atoms with Gasteiger partial charge in [0, 0.05) is 12.4 Å². The Morgan fingerprint density at radius 3 is 1.55 bits per heavy atom. The third-order valence-electron chi connectivity index (χ3n) is 3.34. The minimum atomic E-state index is -0.462. The molecule has 29 heavy (non-hydrogen) atoms. The molecule has 2 aromatic carbocycles. The fraction of sp³-hybridized carbons (Fsp3) is 0.0909. The number of amides is 2. The van der Waals surface area contributed by atoms with Crippen molar-refractivity contribution in [3.63, 3.8) is 0 Å². The summed E-state index contributed by atoms with van der Waals surface area (Å²) in [6.45, 7) is -0.574. The third-order valence-corrected chi connectivity index (χ3v) is 3.34. The normalized spacial score (nSPS) is 11.6. The van der Waals surface area contributed by atoms with Gasteiger partial charge in [0.05, 0.1) is 0 Å². The number of rotatable bonds is 10. The average molecular weight is 390 g/mol. The summed E-state index contributed by atoms with van der Waals surface area (Å²) in [7, 11) is 0. The first kappa shape index (κ1) is 21.5. The Morgan fingerprint density at radius 1 is 0.724 bits per heavy atom. The van der Waals surface area contributed by atoms with Gasteiger partial charge in [0.1, 0.15) is 13.2 Å². The second-order valence-corrected chi connectivity index (χ2v) is 5.66. The number of ether oxygens (including phenoxy) is 1. The highest BCUT2D eigenvalue weighted by molar-refractivity contribution is 5.83. The maximum absolute atomic E-state index is 11.5. The van der Waals surface area contributed by atoms with Crippen LogP contribution in [0.25, 0.3) is 12.2 Å². The molecule has 0 aliphatic rings. The molecule has 2 rings (SSSR count). The molecule has 0 heterocycles. The summed E-state index contributed by atoms with van der Waals surface area (Å²) >= 11 is 0. The molecule has 0 saturated carbocycles. The van der Waals surface area contributed by atoms with Gasteiger partial charge in [0.2, 0.25) is 0 Å². The van der Waals surface area contributed by atoms with Crippen LogP contribution in [0.15, 0.2) is 83.0 Å². The lowest BCUT2D eigenvalue weighted by atomic mass is 10.2. The van der Waals surface area contributed by atoms with Crippen molar-refractivity contribution in [1.29, 1.82) is 0 Å². The Bertz CT molecular complexity index is 802. The van der Waals surface area contributed by atoms with Crippen molar-refractivity contribution in [2.45, 2.75) is 0 Å². The Hall–Kier alpha value is -3.84. The molecule has 148 valence electrons. The molecule has 0 aliphatic carbocycles. The zero-order valence-corrected chi connectivity index (χ0v) is 15.8. The quantitative estimate of drug-likeness (QED) is 0.482. The minimum absolute atomic E-state index is 0.287. The first-order chi connectivity index (χ1) is 14.2. The van der Waals surface area contributed by atoms with Crippen LogP contribution in [-0.2, 0) is 14.3 Å². The molecule has 0 bridgehead atoms. The smallest absolute Gasteiger partial charge is 0.266 e. The molecule has 0 aromatic heterocycles. The van der Waals surface area contributed by atoms with Gasteiger partial charge in [-0.15, -0.1) is 0 Å². The van der Waals surface area contributed by atoms with E-state index in [1.54, 1.807) is 12.2 Å². The Kier molecular flexibility index (Phi) is 9.88. The lowest BCUT2D eigenvalue weighted by molar-refractivity contribution is -0.130. The van der Waals surface area contributed by atoms with E-state index >= 15 is 0 Å². The summed E-state index contributed by atoms with van der Waals surface area (Å²) in [5, 5.41) is 7.51. The fourth-order valence-corrected chi connectivity index (χ4v) is 2.04. The van der Waals surface area contributed by atoms with Crippen molar-refractivity contribution >= 4 is 36.4 Å². The molecule has 0 unspecified atom stereocenters. The fourth-order valence-electron chi connectivity index (χ4n) is 2.04. The van der Waals surface area contributed by atoms with Crippen LogP contribution in [0.4, 0.5) is 0 Å². The number of nitrogens with one attached hydrogen (secondary N) is 2. The van der Waals surface area contributed by atoms with E-state index in [2.05, 4.69) is 21.1 Å². The number of benzene rings is 2. The van der Waals surface area contributed by atoms with Crippen molar-refractivity contribution in [3.05, 3.63) is 83.9 Å². The second-order valence-electron chi connectivity index (χ2n) is 5.66. The molecule has 2 N–H and O–H groups in total. The summed E-state index contributed by atoms with van der Waals surface area (Å²) in [6.07, 6.45) is 10.0. The Labute approximate surface area is 169 Å². The highest BCUT2D eigenvalue weighted by Gasteiger charge is 2.03. The number of hydrazone groups is 2. The number of carbonyl (C=O) groups is 2. The lowest BCUT2D eigenvalue weighted by Gasteiger charge is -2.01. The van der Waals surface area contributed by atoms with E-state index in [0.717, 1.165) is 11.1 Å². The predicted octanol–water partition coefficient (Wildman–Crippen LogP) is 2.63. The van der Waals surface area contributed by atoms with Gasteiger partial charge in [-0.25, -0.2) is 10.9 Å². The number of allylic oxidation sites excluding steroid dienone is 2. The molecule has 2 amide bonds. The van der Waals surface area contributed by atoms with Gasteiger partial charge in [0.25, 0.3) is 11.8 Å². The SMILES string of the molecule is O=C(COCC(=O)N/N=C/C=C\c1ccccc1)N/N=C\C=C\c1ccccc1. The summed E-state index contributed by atoms with van der Waals surface area (Å²) in [4.78, 5) is 23.1. The van der Waals surface area contributed by atoms with Gasteiger partial charge in [-0.05, 0) is 23.3 Å². The summed E-state index contributed by atoms with van der Waals surface area (Å²) < 4.78 is 5.00. The van der Waals surface area contributed by atoms with E-state index in [4.69, 9.17) is 4.74 Å². The maximum Gasteiger partial charge on any atom is 0.266 e. The van der Waals surface area contributed by atoms with E-state index in [1.807, 2.05) is 72.8 Å². The van der Waals surface area contributed by atoms with Crippen LogP contribution < -0.4 is 10.9 Å². The first-order valence-corrected chi connectivity index (χ1v) is 8.89. The predicted molar refractivity (Wildman–Crippen MR) is 115 cm³/mol. The number of hydrogen-bond donors (Lipinski definition) is 2. The van der Waals surface area contributed by atoms with Gasteiger partial charge in [-0.1, -0.05) is 72.8 Å². The van der Waals surface area contributed by atoms with Gasteiger partial charge in [0.15, 0.2) is 0 Å². The van der Waals surface area contributed by atoms with E-state index in [1.165, 1.54) is 12.4 Å². The zero-order chi connectivity index (χ0) is 20.6. The van der Waals surface area contributed by atoms with Crippen LogP contribution in [0, 0.1) is 0 Å². The maximum atomic E-state index is 11.5. The van der Waals surface area contributed by atoms with E-state index in [-0.39, 0.29) is 13.2 Å². The van der Waals surface area contributed by atoms with Crippen LogP contribution in [0.1, 0.15) is 11.1 Å². The molecule has 7 heteroatoms. The zero-order valence-electron chi connectivity index (χ0n) is 15.8. The molecule has 0 aliphatic heterocycles. The monoisotopic (exact) mass is 390 g/mol. The summed E-state index contributed by atoms with van der Waals surface area (Å²) in [6, 6.07) is 19.4. The van der Waals surface area contributed by atoms with E-state index in [0.29, 0.717) is 0 Å². The van der Waals surface area contributed by atoms with Gasteiger partial charge in [-0.3, -0.25) is 9.59 Å². The van der Waals surface area contributed by atoms with Crippen molar-refractivity contribution in [1.82, 2.24) is 10.9 Å². The topological polar surface area (TPSA) is 92.2 Å². The number of hydrogen-bond acceptors (Lipinski definition) is 5. The van der Waals surface area contributed by atoms with Crippen molar-refractivity contribution in [2.24, 2.45) is 10.2 Å². The molecule has 0 saturated heterocycles. The molecule has 0 radical (unpaired) electrons. The average Bonchev–Trinajstić information content (AvgIpc) is 2.75. The van der Waals surface area contributed by atoms with Crippen molar-refractivity contribution < 1.29 is 14.3 Å². The van der Waals surface area contributed by atoms with E-state index in [9.17, 15) is 9.59 Å². The molecule has 0 fully saturated rings. The first-order valence-electron chi connectivity index (χ1n) is 8.89. The number of carbonyl (C=O) groups excluding carboxylic acids is 2. The van der Waals surface area contributed by atoms with Crippen LogP contribution in [-0.4, -0.2) is 37.5 Å². The molecular weight excluding hydrogens is 368 g/mol. The Morgan fingerprint density at radius 2 is 1.14 bits per heavy atom. The molecule has 7 nitrogen and oxygen atoms in total.